The van der Waals surface area contributed by atoms with E-state index in [1.165, 1.54) is 11.1 Å². The van der Waals surface area contributed by atoms with Gasteiger partial charge in [0.2, 0.25) is 0 Å². The van der Waals surface area contributed by atoms with Gasteiger partial charge in [-0.3, -0.25) is 4.99 Å². The number of halogens is 1. The monoisotopic (exact) mass is 469 g/mol. The van der Waals surface area contributed by atoms with Crippen LogP contribution in [0.4, 0.5) is 0 Å². The Balaban J connectivity index is 0.00000338. The summed E-state index contributed by atoms with van der Waals surface area (Å²) in [4.78, 5) is 8.97. The number of benzene rings is 1. The van der Waals surface area contributed by atoms with E-state index in [-0.39, 0.29) is 30.0 Å². The van der Waals surface area contributed by atoms with Crippen LogP contribution in [0, 0.1) is 13.8 Å². The second kappa shape index (κ2) is 11.9. The molecule has 2 N–H and O–H groups in total. The standard InChI is InChI=1S/C20H31N5.HI/c1-5-21-20(24-17(3)19-11-7-6-10-16(19)2)23-12-8-9-14-25-15-13-22-18(25)4;/h6-7,10-11,13,15,17H,5,8-9,12,14H2,1-4H3,(H2,21,23,24);1H. The number of unbranched alkanes of at least 4 members (excludes halogenated alkanes) is 1. The van der Waals surface area contributed by atoms with Gasteiger partial charge in [0, 0.05) is 32.0 Å². The SMILES string of the molecule is CCNC(=NCCCCn1ccnc1C)NC(C)c1ccccc1C.I. The number of hydrogen-bond donors (Lipinski definition) is 2. The Morgan fingerprint density at radius 3 is 2.65 bits per heavy atom. The largest absolute Gasteiger partial charge is 0.357 e. The van der Waals surface area contributed by atoms with Crippen LogP contribution in [0.2, 0.25) is 0 Å². The van der Waals surface area contributed by atoms with E-state index in [2.05, 4.69) is 65.2 Å². The molecule has 1 atom stereocenters. The van der Waals surface area contributed by atoms with Crippen LogP contribution in [-0.4, -0.2) is 28.6 Å². The highest BCUT2D eigenvalue weighted by molar-refractivity contribution is 14.0. The van der Waals surface area contributed by atoms with Gasteiger partial charge in [-0.05, 0) is 51.7 Å². The minimum Gasteiger partial charge on any atom is -0.357 e. The maximum Gasteiger partial charge on any atom is 0.191 e. The van der Waals surface area contributed by atoms with E-state index in [1.807, 2.05) is 19.3 Å². The fourth-order valence-electron chi connectivity index (χ4n) is 2.90. The van der Waals surface area contributed by atoms with Crippen molar-refractivity contribution in [2.24, 2.45) is 4.99 Å². The van der Waals surface area contributed by atoms with Crippen LogP contribution >= 0.6 is 24.0 Å². The first-order valence-corrected chi connectivity index (χ1v) is 9.20. The lowest BCUT2D eigenvalue weighted by Crippen LogP contribution is -2.39. The van der Waals surface area contributed by atoms with Gasteiger partial charge < -0.3 is 15.2 Å². The van der Waals surface area contributed by atoms with Gasteiger partial charge in [0.1, 0.15) is 5.82 Å². The summed E-state index contributed by atoms with van der Waals surface area (Å²) in [6, 6.07) is 8.71. The third-order valence-electron chi connectivity index (χ3n) is 4.35. The molecular weight excluding hydrogens is 437 g/mol. The zero-order chi connectivity index (χ0) is 18.1. The van der Waals surface area contributed by atoms with E-state index >= 15 is 0 Å². The number of rotatable bonds is 8. The second-order valence-corrected chi connectivity index (χ2v) is 6.36. The van der Waals surface area contributed by atoms with Crippen LogP contribution in [0.15, 0.2) is 41.7 Å². The summed E-state index contributed by atoms with van der Waals surface area (Å²) >= 11 is 0. The van der Waals surface area contributed by atoms with Crippen molar-refractivity contribution in [2.45, 2.75) is 53.1 Å². The Hall–Kier alpha value is -1.57. The van der Waals surface area contributed by atoms with Gasteiger partial charge in [-0.25, -0.2) is 4.98 Å². The maximum absolute atomic E-state index is 4.72. The summed E-state index contributed by atoms with van der Waals surface area (Å²) in [5, 5.41) is 6.85. The lowest BCUT2D eigenvalue weighted by atomic mass is 10.0. The first-order valence-electron chi connectivity index (χ1n) is 9.20. The highest BCUT2D eigenvalue weighted by Crippen LogP contribution is 2.16. The zero-order valence-corrected chi connectivity index (χ0v) is 18.7. The molecule has 6 heteroatoms. The maximum atomic E-state index is 4.72. The van der Waals surface area contributed by atoms with Crippen LogP contribution in [0.3, 0.4) is 0 Å². The van der Waals surface area contributed by atoms with E-state index in [9.17, 15) is 0 Å². The van der Waals surface area contributed by atoms with Crippen LogP contribution < -0.4 is 10.6 Å². The summed E-state index contributed by atoms with van der Waals surface area (Å²) in [6.07, 6.45) is 6.06. The van der Waals surface area contributed by atoms with Gasteiger partial charge in [-0.15, -0.1) is 24.0 Å². The van der Waals surface area contributed by atoms with Crippen molar-refractivity contribution in [3.63, 3.8) is 0 Å². The minimum atomic E-state index is 0. The average Bonchev–Trinajstić information content (AvgIpc) is 3.00. The van der Waals surface area contributed by atoms with Crippen LogP contribution in [-0.2, 0) is 6.54 Å². The minimum absolute atomic E-state index is 0. The van der Waals surface area contributed by atoms with Crippen molar-refractivity contribution in [3.05, 3.63) is 53.6 Å². The Labute approximate surface area is 174 Å². The number of nitrogens with one attached hydrogen (secondary N) is 2. The van der Waals surface area contributed by atoms with Gasteiger partial charge in [0.15, 0.2) is 5.96 Å². The molecule has 0 spiro atoms. The molecule has 1 unspecified atom stereocenters. The molecule has 1 aromatic carbocycles. The zero-order valence-electron chi connectivity index (χ0n) is 16.3. The summed E-state index contributed by atoms with van der Waals surface area (Å²) < 4.78 is 2.19. The van der Waals surface area contributed by atoms with E-state index in [4.69, 9.17) is 4.99 Å². The first-order chi connectivity index (χ1) is 12.1. The van der Waals surface area contributed by atoms with Crippen molar-refractivity contribution in [1.29, 1.82) is 0 Å². The van der Waals surface area contributed by atoms with Gasteiger partial charge in [-0.1, -0.05) is 24.3 Å². The smallest absolute Gasteiger partial charge is 0.191 e. The highest BCUT2D eigenvalue weighted by Gasteiger charge is 2.09. The summed E-state index contributed by atoms with van der Waals surface area (Å²) in [6.45, 7) is 11.2. The molecular formula is C20H32IN5. The number of hydrogen-bond acceptors (Lipinski definition) is 2. The first kappa shape index (κ1) is 22.5. The predicted octanol–water partition coefficient (Wildman–Crippen LogP) is 4.21. The van der Waals surface area contributed by atoms with E-state index in [0.717, 1.165) is 44.3 Å². The molecule has 2 aromatic rings. The Bertz CT molecular complexity index is 680. The normalized spacial score (nSPS) is 12.4. The fraction of sp³-hybridized carbons (Fsp3) is 0.500. The van der Waals surface area contributed by atoms with Crippen molar-refractivity contribution in [3.8, 4) is 0 Å². The molecule has 26 heavy (non-hydrogen) atoms. The molecule has 0 saturated carbocycles. The molecule has 5 nitrogen and oxygen atoms in total. The number of aliphatic imine (C=N–C) groups is 1. The lowest BCUT2D eigenvalue weighted by molar-refractivity contribution is 0.599. The van der Waals surface area contributed by atoms with E-state index < -0.39 is 0 Å². The molecule has 0 saturated heterocycles. The van der Waals surface area contributed by atoms with Crippen molar-refractivity contribution in [2.75, 3.05) is 13.1 Å². The summed E-state index contributed by atoms with van der Waals surface area (Å²) in [7, 11) is 0. The molecule has 1 aromatic heterocycles. The van der Waals surface area contributed by atoms with Gasteiger partial charge in [0.05, 0.1) is 6.04 Å². The lowest BCUT2D eigenvalue weighted by Gasteiger charge is -2.19. The molecule has 0 fully saturated rings. The molecule has 0 bridgehead atoms. The van der Waals surface area contributed by atoms with Crippen molar-refractivity contribution >= 4 is 29.9 Å². The highest BCUT2D eigenvalue weighted by atomic mass is 127. The predicted molar refractivity (Wildman–Crippen MR) is 120 cm³/mol. The third kappa shape index (κ3) is 6.97. The summed E-state index contributed by atoms with van der Waals surface area (Å²) in [5.74, 6) is 1.96. The number of aromatic nitrogens is 2. The van der Waals surface area contributed by atoms with Crippen LogP contribution in [0.1, 0.15) is 49.7 Å². The number of aryl methyl sites for hydroxylation is 3. The molecule has 0 aliphatic heterocycles. The molecule has 0 radical (unpaired) electrons. The Morgan fingerprint density at radius 2 is 2.00 bits per heavy atom. The average molecular weight is 469 g/mol. The fourth-order valence-corrected chi connectivity index (χ4v) is 2.90. The van der Waals surface area contributed by atoms with E-state index in [1.54, 1.807) is 0 Å². The van der Waals surface area contributed by atoms with Crippen molar-refractivity contribution in [1.82, 2.24) is 20.2 Å². The molecule has 0 aliphatic rings. The topological polar surface area (TPSA) is 54.2 Å². The number of imidazole rings is 1. The Morgan fingerprint density at radius 1 is 1.23 bits per heavy atom. The molecule has 0 amide bonds. The van der Waals surface area contributed by atoms with Crippen LogP contribution in [0.25, 0.3) is 0 Å². The van der Waals surface area contributed by atoms with Crippen LogP contribution in [0.5, 0.6) is 0 Å². The summed E-state index contributed by atoms with van der Waals surface area (Å²) in [5.41, 5.74) is 2.61. The quantitative estimate of drug-likeness (QED) is 0.264. The van der Waals surface area contributed by atoms with Gasteiger partial charge >= 0.3 is 0 Å². The Kier molecular flexibility index (Phi) is 10.3. The number of nitrogens with zero attached hydrogens (tertiary/aromatic N) is 3. The second-order valence-electron chi connectivity index (χ2n) is 6.36. The molecule has 1 heterocycles. The van der Waals surface area contributed by atoms with Crippen molar-refractivity contribution < 1.29 is 0 Å². The third-order valence-corrected chi connectivity index (χ3v) is 4.35. The number of guanidine groups is 1. The molecule has 144 valence electrons. The van der Waals surface area contributed by atoms with Gasteiger partial charge in [-0.2, -0.15) is 0 Å². The molecule has 0 aliphatic carbocycles. The van der Waals surface area contributed by atoms with Gasteiger partial charge in [0.25, 0.3) is 0 Å². The van der Waals surface area contributed by atoms with E-state index in [0.29, 0.717) is 0 Å². The molecule has 2 rings (SSSR count).